The van der Waals surface area contributed by atoms with Crippen molar-refractivity contribution in [3.63, 3.8) is 0 Å². The Bertz CT molecular complexity index is 3770. The Balaban J connectivity index is 0.00000111. The van der Waals surface area contributed by atoms with Gasteiger partial charge in [0.1, 0.15) is 38.6 Å². The van der Waals surface area contributed by atoms with Gasteiger partial charge in [-0.15, -0.1) is 0 Å². The number of methoxy groups -OCH3 is 1. The van der Waals surface area contributed by atoms with Gasteiger partial charge in [-0.3, -0.25) is 0 Å². The zero-order valence-electron chi connectivity index (χ0n) is 54.3. The highest BCUT2D eigenvalue weighted by molar-refractivity contribution is 6.40. The van der Waals surface area contributed by atoms with Crippen LogP contribution in [0.15, 0.2) is 121 Å². The Morgan fingerprint density at radius 2 is 0.798 bits per heavy atom. The predicted octanol–water partition coefficient (Wildman–Crippen LogP) is 23.7. The van der Waals surface area contributed by atoms with Gasteiger partial charge in [-0.05, 0) is 213 Å². The highest BCUT2D eigenvalue weighted by Crippen LogP contribution is 2.36. The molecule has 0 saturated heterocycles. The highest BCUT2D eigenvalue weighted by atomic mass is 35.5. The quantitative estimate of drug-likeness (QED) is 0.0599. The Labute approximate surface area is 640 Å². The number of nitrogen functional groups attached to an aromatic ring is 1. The van der Waals surface area contributed by atoms with E-state index in [1.807, 2.05) is 97.0 Å². The van der Waals surface area contributed by atoms with Gasteiger partial charge in [-0.25, -0.2) is 19.2 Å². The Kier molecular flexibility index (Phi) is 44.2. The van der Waals surface area contributed by atoms with Crippen LogP contribution in [0.25, 0.3) is 0 Å². The number of halogens is 14. The maximum absolute atomic E-state index is 12.9. The van der Waals surface area contributed by atoms with Crippen molar-refractivity contribution in [2.75, 3.05) is 19.5 Å². The number of aliphatic carboxylic acids is 3. The minimum absolute atomic E-state index is 0. The number of pyridine rings is 1. The third kappa shape index (κ3) is 35.8. The number of ether oxygens (including phenoxy) is 6. The molecule has 0 saturated carbocycles. The van der Waals surface area contributed by atoms with Crippen molar-refractivity contribution in [1.29, 1.82) is 0 Å². The summed E-state index contributed by atoms with van der Waals surface area (Å²) in [5, 5.41) is 39.5. The Morgan fingerprint density at radius 1 is 0.444 bits per heavy atom. The lowest BCUT2D eigenvalue weighted by Crippen LogP contribution is -2.23. The fraction of sp³-hybridized carbons (Fsp3) is 0.261. The number of aryl methyl sites for hydroxylation is 5. The van der Waals surface area contributed by atoms with E-state index in [1.54, 1.807) is 48.5 Å². The third-order valence-electron chi connectivity index (χ3n) is 11.5. The smallest absolute Gasteiger partial charge is 0.344 e. The molecule has 0 aliphatic carbocycles. The number of aromatic nitrogens is 1. The molecule has 0 fully saturated rings. The van der Waals surface area contributed by atoms with Crippen LogP contribution in [0.5, 0.6) is 34.6 Å². The average molecular weight is 1630 g/mol. The largest absolute Gasteiger partial charge is 0.494 e. The van der Waals surface area contributed by atoms with Crippen LogP contribution in [0.3, 0.4) is 0 Å². The molecule has 30 heteroatoms. The van der Waals surface area contributed by atoms with E-state index in [0.29, 0.717) is 47.4 Å². The molecule has 0 aliphatic heterocycles. The number of carboxylic acids is 4. The van der Waals surface area contributed by atoms with Gasteiger partial charge in [-0.1, -0.05) is 170 Å². The standard InChI is InChI=1S/C10H11ClO3.C10H13ClO.C9H8Cl2O3.C9H10Cl2O.C8H6Cl2O3.C8H9Cl.C7H5Cl2FN2O3.C7H6Cl2.CH4/c1-6-5-8(11)3-4-9(6)14-7(2)10(12)13;1-7(2)12-10-5-4-9(11)6-8(10)3;1-5(9(12)13)14-8-3-2-6(10)4-7(8)11;1-6(2)12-9-4-3-7(10)5-8(9)11;1-13-7-5(10)3-2-4(9)6(7)8(11)12;1-6-3-4-8(9)5-7(6)2;8-3-5(11)4(9)7(12-6(3)10)15-1-2(13)14;1-5-2-3-6(8)4-7(5)9;/h3-5,7H,1-2H3,(H,12,13);4-7H,1-3H3;2-5H,1H3,(H,12,13);3-6H,1-2H3;2-3H,1H3,(H,11,12);3-5H,1-2H3;1H2,(H2,11,12)(H,13,14);2-4H,1H3;1H4. The number of nitrogens with zero attached hydrogens (tertiary/aromatic N) is 1. The first kappa shape index (κ1) is 92.9. The van der Waals surface area contributed by atoms with Gasteiger partial charge in [0.05, 0.1) is 45.1 Å². The molecule has 0 bridgehead atoms. The molecule has 0 amide bonds. The number of carbonyl (C=O) groups is 4. The number of benzene rings is 7. The number of rotatable bonds is 15. The van der Waals surface area contributed by atoms with Gasteiger partial charge >= 0.3 is 23.9 Å². The second kappa shape index (κ2) is 47.1. The molecule has 16 nitrogen and oxygen atoms in total. The number of carboxylic acid groups (broad SMARTS) is 4. The van der Waals surface area contributed by atoms with Crippen molar-refractivity contribution in [3.05, 3.63) is 226 Å². The van der Waals surface area contributed by atoms with E-state index in [-0.39, 0.29) is 51.7 Å². The van der Waals surface area contributed by atoms with Crippen molar-refractivity contribution in [2.45, 2.75) is 108 Å². The first-order valence-electron chi connectivity index (χ1n) is 28.2. The summed E-state index contributed by atoms with van der Waals surface area (Å²) in [6.45, 7) is 20.0. The number of hydrogen-bond acceptors (Lipinski definition) is 12. The predicted molar refractivity (Wildman–Crippen MR) is 403 cm³/mol. The molecule has 2 atom stereocenters. The topological polar surface area (TPSA) is 243 Å². The fourth-order valence-electron chi connectivity index (χ4n) is 6.56. The van der Waals surface area contributed by atoms with Crippen LogP contribution in [-0.2, 0) is 14.4 Å². The number of aromatic carboxylic acids is 1. The molecule has 1 aromatic heterocycles. The first-order chi connectivity index (χ1) is 45.6. The summed E-state index contributed by atoms with van der Waals surface area (Å²) in [7, 11) is 1.34. The van der Waals surface area contributed by atoms with Crippen molar-refractivity contribution < 1.29 is 72.4 Å². The van der Waals surface area contributed by atoms with E-state index in [4.69, 9.17) is 201 Å². The summed E-state index contributed by atoms with van der Waals surface area (Å²) < 4.78 is 43.6. The van der Waals surface area contributed by atoms with Crippen molar-refractivity contribution >= 4 is 180 Å². The lowest BCUT2D eigenvalue weighted by Gasteiger charge is -2.12. The number of hydrogen-bond donors (Lipinski definition) is 5. The third-order valence-corrected chi connectivity index (χ3v) is 15.3. The molecule has 0 spiro atoms. The van der Waals surface area contributed by atoms with Gasteiger partial charge in [0, 0.05) is 35.2 Å². The monoisotopic (exact) mass is 1630 g/mol. The number of nitrogens with two attached hydrogens (primary N) is 1. The van der Waals surface area contributed by atoms with Crippen LogP contribution < -0.4 is 34.2 Å². The highest BCUT2D eigenvalue weighted by Gasteiger charge is 2.20. The zero-order valence-corrected chi connectivity index (χ0v) is 64.1. The summed E-state index contributed by atoms with van der Waals surface area (Å²) in [6, 6.07) is 34.7. The molecule has 99 heavy (non-hydrogen) atoms. The molecule has 6 N–H and O–H groups in total. The molecule has 8 rings (SSSR count). The Hall–Kier alpha value is -6.13. The van der Waals surface area contributed by atoms with Crippen LogP contribution in [0.2, 0.25) is 65.3 Å². The molecule has 0 aliphatic rings. The summed E-state index contributed by atoms with van der Waals surface area (Å²) in [5.41, 5.74) is 10.5. The van der Waals surface area contributed by atoms with Gasteiger partial charge in [0.15, 0.2) is 24.6 Å². The van der Waals surface area contributed by atoms with Crippen LogP contribution in [0.4, 0.5) is 10.1 Å². The molecule has 2 unspecified atom stereocenters. The molecule has 540 valence electrons. The van der Waals surface area contributed by atoms with Gasteiger partial charge in [0.25, 0.3) is 0 Å². The van der Waals surface area contributed by atoms with E-state index in [9.17, 15) is 23.6 Å². The van der Waals surface area contributed by atoms with E-state index in [0.717, 1.165) is 37.5 Å². The minimum Gasteiger partial charge on any atom is -0.494 e. The lowest BCUT2D eigenvalue weighted by atomic mass is 10.1. The first-order valence-corrected chi connectivity index (χ1v) is 33.1. The second-order valence-corrected chi connectivity index (χ2v) is 25.7. The summed E-state index contributed by atoms with van der Waals surface area (Å²) in [6.07, 6.45) is -1.45. The molecule has 7 aromatic carbocycles. The Morgan fingerprint density at radius 3 is 1.14 bits per heavy atom. The van der Waals surface area contributed by atoms with E-state index >= 15 is 0 Å². The maximum Gasteiger partial charge on any atom is 0.344 e. The normalized spacial score (nSPS) is 10.5. The number of anilines is 1. The van der Waals surface area contributed by atoms with Gasteiger partial charge < -0.3 is 54.6 Å². The average Bonchev–Trinajstić information content (AvgIpc) is 0.845. The van der Waals surface area contributed by atoms with E-state index in [2.05, 4.69) is 23.6 Å². The second-order valence-electron chi connectivity index (χ2n) is 20.3. The summed E-state index contributed by atoms with van der Waals surface area (Å²) >= 11 is 74.0. The SMILES string of the molecule is C.CC(C)Oc1ccc(Cl)cc1Cl.CC(Oc1ccc(Cl)cc1Cl)C(=O)O.COc1c(Cl)ccc(Cl)c1C(=O)O.Cc1cc(Cl)ccc1OC(C)C.Cc1cc(Cl)ccc1OC(C)C(=O)O.Cc1ccc(Cl)cc1C.Cc1ccc(Cl)cc1Cl.Nc1c(Cl)c(F)nc(OCC(=O)O)c1Cl. The lowest BCUT2D eigenvalue weighted by molar-refractivity contribution is -0.145. The van der Waals surface area contributed by atoms with E-state index in [1.165, 1.54) is 56.3 Å². The van der Waals surface area contributed by atoms with Crippen molar-refractivity contribution in [1.82, 2.24) is 4.98 Å². The minimum atomic E-state index is -1.25. The van der Waals surface area contributed by atoms with Crippen LogP contribution >= 0.6 is 151 Å². The van der Waals surface area contributed by atoms with E-state index < -0.39 is 59.5 Å². The molecule has 0 radical (unpaired) electrons. The van der Waals surface area contributed by atoms with Crippen LogP contribution in [0.1, 0.15) is 87.1 Å². The van der Waals surface area contributed by atoms with Gasteiger partial charge in [-0.2, -0.15) is 9.37 Å². The molecular weight excluding hydrogens is 1560 g/mol. The van der Waals surface area contributed by atoms with Crippen LogP contribution in [0, 0.1) is 40.6 Å². The van der Waals surface area contributed by atoms with Crippen molar-refractivity contribution in [3.8, 4) is 34.6 Å². The molecule has 8 aromatic rings. The van der Waals surface area contributed by atoms with Crippen molar-refractivity contribution in [2.24, 2.45) is 0 Å². The molecule has 1 heterocycles. The van der Waals surface area contributed by atoms with Gasteiger partial charge in [0.2, 0.25) is 11.8 Å². The fourth-order valence-corrected chi connectivity index (χ4v) is 9.40. The van der Waals surface area contributed by atoms with Crippen LogP contribution in [-0.4, -0.2) is 87.4 Å². The maximum atomic E-state index is 12.9. The summed E-state index contributed by atoms with van der Waals surface area (Å²) in [5.74, 6) is -3.39. The molecular formula is C69H72Cl13FN2O14. The zero-order chi connectivity index (χ0) is 75.0. The summed E-state index contributed by atoms with van der Waals surface area (Å²) in [4.78, 5) is 45.1.